The lowest BCUT2D eigenvalue weighted by Crippen LogP contribution is -2.47. The Labute approximate surface area is 161 Å². The summed E-state index contributed by atoms with van der Waals surface area (Å²) >= 11 is 0. The van der Waals surface area contributed by atoms with Crippen LogP contribution in [0.1, 0.15) is 72.6 Å². The zero-order chi connectivity index (χ0) is 18.8. The minimum absolute atomic E-state index is 0.215. The first-order valence-corrected chi connectivity index (χ1v) is 10.8. The lowest BCUT2D eigenvalue weighted by molar-refractivity contribution is 0.345. The van der Waals surface area contributed by atoms with E-state index in [1.54, 1.807) is 5.57 Å². The van der Waals surface area contributed by atoms with Crippen molar-refractivity contribution in [1.82, 2.24) is 10.6 Å². The van der Waals surface area contributed by atoms with Crippen molar-refractivity contribution in [3.8, 4) is 0 Å². The largest absolute Gasteiger partial charge is 0.310 e. The van der Waals surface area contributed by atoms with Crippen LogP contribution in [-0.2, 0) is 0 Å². The van der Waals surface area contributed by atoms with Crippen molar-refractivity contribution >= 4 is 0 Å². The summed E-state index contributed by atoms with van der Waals surface area (Å²) in [5.74, 6) is 0.611. The van der Waals surface area contributed by atoms with Gasteiger partial charge in [0.1, 0.15) is 0 Å². The predicted octanol–water partition coefficient (Wildman–Crippen LogP) is 5.69. The van der Waals surface area contributed by atoms with E-state index >= 15 is 0 Å². The Kier molecular flexibility index (Phi) is 8.87. The average molecular weight is 357 g/mol. The highest BCUT2D eigenvalue weighted by atomic mass is 15.0. The monoisotopic (exact) mass is 356 g/mol. The maximum Gasteiger partial charge on any atom is 0.0429 e. The quantitative estimate of drug-likeness (QED) is 0.465. The van der Waals surface area contributed by atoms with Gasteiger partial charge in [0.25, 0.3) is 0 Å². The Morgan fingerprint density at radius 1 is 1.08 bits per heavy atom. The minimum Gasteiger partial charge on any atom is -0.310 e. The Balaban J connectivity index is 1.65. The fourth-order valence-corrected chi connectivity index (χ4v) is 4.40. The molecule has 2 aliphatic rings. The van der Waals surface area contributed by atoms with Gasteiger partial charge in [0.2, 0.25) is 0 Å². The first-order chi connectivity index (χ1) is 12.6. The second-order valence-electron chi connectivity index (χ2n) is 8.07. The Morgan fingerprint density at radius 2 is 1.88 bits per heavy atom. The van der Waals surface area contributed by atoms with E-state index in [0.717, 1.165) is 25.9 Å². The summed E-state index contributed by atoms with van der Waals surface area (Å²) in [6.45, 7) is 11.4. The zero-order valence-corrected chi connectivity index (χ0v) is 17.5. The molecule has 0 aromatic carbocycles. The molecule has 2 unspecified atom stereocenters. The topological polar surface area (TPSA) is 24.1 Å². The molecule has 3 atom stereocenters. The third-order valence-corrected chi connectivity index (χ3v) is 6.12. The molecule has 0 spiro atoms. The van der Waals surface area contributed by atoms with E-state index in [1.807, 2.05) is 0 Å². The Hall–Kier alpha value is -1.12. The molecule has 0 radical (unpaired) electrons. The van der Waals surface area contributed by atoms with Gasteiger partial charge in [0, 0.05) is 11.6 Å². The van der Waals surface area contributed by atoms with E-state index in [2.05, 4.69) is 74.8 Å². The highest BCUT2D eigenvalue weighted by Crippen LogP contribution is 2.30. The summed E-state index contributed by atoms with van der Waals surface area (Å²) in [6.07, 6.45) is 22.2. The molecule has 0 saturated carbocycles. The van der Waals surface area contributed by atoms with E-state index in [-0.39, 0.29) is 5.54 Å². The van der Waals surface area contributed by atoms with Crippen molar-refractivity contribution in [3.05, 3.63) is 47.6 Å². The second-order valence-corrected chi connectivity index (χ2v) is 8.07. The van der Waals surface area contributed by atoms with Crippen LogP contribution >= 0.6 is 0 Å². The van der Waals surface area contributed by atoms with Gasteiger partial charge in [0.15, 0.2) is 0 Å². The van der Waals surface area contributed by atoms with Gasteiger partial charge in [-0.2, -0.15) is 0 Å². The summed E-state index contributed by atoms with van der Waals surface area (Å²) in [7, 11) is 0. The van der Waals surface area contributed by atoms with E-state index in [0.29, 0.717) is 12.0 Å². The van der Waals surface area contributed by atoms with Crippen LogP contribution in [0.5, 0.6) is 0 Å². The van der Waals surface area contributed by atoms with Crippen LogP contribution in [0.4, 0.5) is 0 Å². The van der Waals surface area contributed by atoms with Crippen LogP contribution in [0.15, 0.2) is 47.6 Å². The zero-order valence-electron chi connectivity index (χ0n) is 17.5. The standard InChI is InChI=1S/C24H40N2/c1-5-16-24(17-9-8-14-21(24)4)26-19-11-7-10-18-25-23-20(3)13-12-15-22(23)6-2/h8-9,12-15,20,23,25-26H,5-7,10-11,16-19H2,1-4H3/t20?,23?,24-/m1/s1. The average Bonchev–Trinajstić information content (AvgIpc) is 2.64. The summed E-state index contributed by atoms with van der Waals surface area (Å²) in [6, 6.07) is 0.540. The van der Waals surface area contributed by atoms with Gasteiger partial charge in [0.05, 0.1) is 0 Å². The summed E-state index contributed by atoms with van der Waals surface area (Å²) in [5.41, 5.74) is 3.27. The Morgan fingerprint density at radius 3 is 2.62 bits per heavy atom. The van der Waals surface area contributed by atoms with Crippen molar-refractivity contribution in [2.45, 2.75) is 84.2 Å². The number of allylic oxidation sites excluding steroid dienone is 4. The molecule has 146 valence electrons. The fourth-order valence-electron chi connectivity index (χ4n) is 4.40. The summed E-state index contributed by atoms with van der Waals surface area (Å²) in [5, 5.41) is 7.68. The molecule has 26 heavy (non-hydrogen) atoms. The van der Waals surface area contributed by atoms with Crippen LogP contribution in [0.2, 0.25) is 0 Å². The second kappa shape index (κ2) is 10.9. The lowest BCUT2D eigenvalue weighted by atomic mass is 9.80. The van der Waals surface area contributed by atoms with Gasteiger partial charge in [-0.25, -0.2) is 0 Å². The van der Waals surface area contributed by atoms with Gasteiger partial charge in [-0.1, -0.05) is 81.2 Å². The Bertz CT molecular complexity index is 540. The number of rotatable bonds is 11. The highest BCUT2D eigenvalue weighted by Gasteiger charge is 2.30. The molecular formula is C24H40N2. The molecule has 0 saturated heterocycles. The molecule has 0 aliphatic heterocycles. The van der Waals surface area contributed by atoms with Crippen LogP contribution in [-0.4, -0.2) is 24.7 Å². The van der Waals surface area contributed by atoms with Crippen molar-refractivity contribution in [2.75, 3.05) is 13.1 Å². The van der Waals surface area contributed by atoms with Gasteiger partial charge < -0.3 is 10.6 Å². The third kappa shape index (κ3) is 5.69. The summed E-state index contributed by atoms with van der Waals surface area (Å²) in [4.78, 5) is 0. The molecule has 0 aromatic rings. The van der Waals surface area contributed by atoms with Crippen LogP contribution in [0.3, 0.4) is 0 Å². The number of hydrogen-bond acceptors (Lipinski definition) is 2. The predicted molar refractivity (Wildman–Crippen MR) is 115 cm³/mol. The van der Waals surface area contributed by atoms with E-state index in [4.69, 9.17) is 0 Å². The van der Waals surface area contributed by atoms with Crippen LogP contribution in [0, 0.1) is 5.92 Å². The molecule has 2 nitrogen and oxygen atoms in total. The molecule has 0 amide bonds. The minimum atomic E-state index is 0.215. The number of hydrogen-bond donors (Lipinski definition) is 2. The first-order valence-electron chi connectivity index (χ1n) is 10.8. The van der Waals surface area contributed by atoms with Crippen molar-refractivity contribution < 1.29 is 0 Å². The van der Waals surface area contributed by atoms with Gasteiger partial charge in [-0.15, -0.1) is 0 Å². The molecule has 0 aromatic heterocycles. The lowest BCUT2D eigenvalue weighted by Gasteiger charge is -2.37. The molecule has 0 heterocycles. The van der Waals surface area contributed by atoms with Crippen LogP contribution in [0.25, 0.3) is 0 Å². The SMILES string of the molecule is CCC[C@@]1(NCCCCCNC2C(CC)=CC=CC2C)CC=CC=C1C. The van der Waals surface area contributed by atoms with Crippen molar-refractivity contribution in [3.63, 3.8) is 0 Å². The normalized spacial score (nSPS) is 28.2. The van der Waals surface area contributed by atoms with Crippen molar-refractivity contribution in [2.24, 2.45) is 5.92 Å². The molecular weight excluding hydrogens is 316 g/mol. The molecule has 2 N–H and O–H groups in total. The first kappa shape index (κ1) is 21.2. The molecule has 0 fully saturated rings. The van der Waals surface area contributed by atoms with Gasteiger partial charge >= 0.3 is 0 Å². The highest BCUT2D eigenvalue weighted by molar-refractivity contribution is 5.29. The van der Waals surface area contributed by atoms with Gasteiger partial charge in [-0.3, -0.25) is 0 Å². The fraction of sp³-hybridized carbons (Fsp3) is 0.667. The van der Waals surface area contributed by atoms with Gasteiger partial charge in [-0.05, 0) is 58.0 Å². The van der Waals surface area contributed by atoms with E-state index < -0.39 is 0 Å². The van der Waals surface area contributed by atoms with Crippen LogP contribution < -0.4 is 10.6 Å². The molecule has 0 bridgehead atoms. The maximum absolute atomic E-state index is 3.89. The molecule has 2 heteroatoms. The van der Waals surface area contributed by atoms with E-state index in [9.17, 15) is 0 Å². The summed E-state index contributed by atoms with van der Waals surface area (Å²) < 4.78 is 0. The number of unbranched alkanes of at least 4 members (excludes halogenated alkanes) is 2. The van der Waals surface area contributed by atoms with Crippen molar-refractivity contribution in [1.29, 1.82) is 0 Å². The van der Waals surface area contributed by atoms with E-state index in [1.165, 1.54) is 37.7 Å². The third-order valence-electron chi connectivity index (χ3n) is 6.12. The maximum atomic E-state index is 3.89. The smallest absolute Gasteiger partial charge is 0.0429 e. The molecule has 2 rings (SSSR count). The number of nitrogens with one attached hydrogen (secondary N) is 2. The molecule has 2 aliphatic carbocycles.